The highest BCUT2D eigenvalue weighted by molar-refractivity contribution is 6.30. The van der Waals surface area contributed by atoms with Crippen molar-refractivity contribution in [3.8, 4) is 0 Å². The standard InChI is InChI=1S/C15H13ClN2/c16-12-7-5-10(6-8-12)15-13-4-2-1-3-11(13)9-14(17)18-15/h1-8,15H,9H2,(H2,17,18). The molecule has 0 aromatic heterocycles. The molecule has 2 aromatic rings. The summed E-state index contributed by atoms with van der Waals surface area (Å²) in [7, 11) is 0. The maximum absolute atomic E-state index is 5.93. The minimum Gasteiger partial charge on any atom is -0.387 e. The summed E-state index contributed by atoms with van der Waals surface area (Å²) in [5, 5.41) is 0.736. The Balaban J connectivity index is 2.10. The van der Waals surface area contributed by atoms with Gasteiger partial charge in [-0.1, -0.05) is 48.0 Å². The molecule has 1 aliphatic rings. The first-order valence-corrected chi connectivity index (χ1v) is 6.27. The Kier molecular flexibility index (Phi) is 2.80. The number of nitrogens with two attached hydrogens (primary N) is 1. The van der Waals surface area contributed by atoms with Gasteiger partial charge in [0.15, 0.2) is 0 Å². The van der Waals surface area contributed by atoms with Crippen LogP contribution >= 0.6 is 11.6 Å². The fraction of sp³-hybridized carbons (Fsp3) is 0.133. The summed E-state index contributed by atoms with van der Waals surface area (Å²) in [6.07, 6.45) is 0.736. The molecule has 18 heavy (non-hydrogen) atoms. The maximum Gasteiger partial charge on any atom is 0.102 e. The lowest BCUT2D eigenvalue weighted by Crippen LogP contribution is -2.22. The average Bonchev–Trinajstić information content (AvgIpc) is 2.38. The average molecular weight is 257 g/mol. The molecule has 1 heterocycles. The van der Waals surface area contributed by atoms with Gasteiger partial charge in [-0.15, -0.1) is 0 Å². The van der Waals surface area contributed by atoms with Crippen molar-refractivity contribution in [2.24, 2.45) is 10.7 Å². The molecule has 2 nitrogen and oxygen atoms in total. The van der Waals surface area contributed by atoms with Crippen molar-refractivity contribution >= 4 is 17.4 Å². The van der Waals surface area contributed by atoms with Gasteiger partial charge in [-0.2, -0.15) is 0 Å². The largest absolute Gasteiger partial charge is 0.387 e. The number of halogens is 1. The van der Waals surface area contributed by atoms with Crippen molar-refractivity contribution in [2.75, 3.05) is 0 Å². The molecule has 1 aliphatic heterocycles. The third kappa shape index (κ3) is 2.00. The summed E-state index contributed by atoms with van der Waals surface area (Å²) in [4.78, 5) is 4.57. The molecular weight excluding hydrogens is 244 g/mol. The van der Waals surface area contributed by atoms with E-state index in [0.717, 1.165) is 17.0 Å². The van der Waals surface area contributed by atoms with Crippen LogP contribution in [0.4, 0.5) is 0 Å². The molecule has 3 rings (SSSR count). The molecule has 0 spiro atoms. The van der Waals surface area contributed by atoms with Crippen molar-refractivity contribution in [1.29, 1.82) is 0 Å². The Morgan fingerprint density at radius 2 is 1.78 bits per heavy atom. The van der Waals surface area contributed by atoms with Crippen molar-refractivity contribution < 1.29 is 0 Å². The highest BCUT2D eigenvalue weighted by Gasteiger charge is 2.21. The molecule has 0 radical (unpaired) electrons. The number of aliphatic imine (C=N–C) groups is 1. The van der Waals surface area contributed by atoms with Gasteiger partial charge in [-0.05, 0) is 28.8 Å². The quantitative estimate of drug-likeness (QED) is 0.835. The van der Waals surface area contributed by atoms with Crippen molar-refractivity contribution in [2.45, 2.75) is 12.5 Å². The van der Waals surface area contributed by atoms with E-state index in [-0.39, 0.29) is 6.04 Å². The zero-order valence-electron chi connectivity index (χ0n) is 9.81. The molecule has 90 valence electrons. The van der Waals surface area contributed by atoms with E-state index in [4.69, 9.17) is 17.3 Å². The van der Waals surface area contributed by atoms with Crippen molar-refractivity contribution in [1.82, 2.24) is 0 Å². The van der Waals surface area contributed by atoms with Gasteiger partial charge >= 0.3 is 0 Å². The Hall–Kier alpha value is -1.80. The number of amidine groups is 1. The molecule has 0 amide bonds. The summed E-state index contributed by atoms with van der Waals surface area (Å²) < 4.78 is 0. The Labute approximate surface area is 111 Å². The van der Waals surface area contributed by atoms with Gasteiger partial charge in [0.25, 0.3) is 0 Å². The minimum absolute atomic E-state index is 0.00721. The fourth-order valence-electron chi connectivity index (χ4n) is 2.34. The highest BCUT2D eigenvalue weighted by atomic mass is 35.5. The lowest BCUT2D eigenvalue weighted by atomic mass is 9.91. The van der Waals surface area contributed by atoms with E-state index < -0.39 is 0 Å². The maximum atomic E-state index is 5.93. The molecule has 0 aliphatic carbocycles. The molecule has 2 N–H and O–H groups in total. The predicted octanol–water partition coefficient (Wildman–Crippen LogP) is 3.34. The Morgan fingerprint density at radius 3 is 2.56 bits per heavy atom. The molecule has 2 aromatic carbocycles. The van der Waals surface area contributed by atoms with E-state index in [2.05, 4.69) is 17.1 Å². The summed E-state index contributed by atoms with van der Waals surface area (Å²) in [6, 6.07) is 16.1. The second-order valence-electron chi connectivity index (χ2n) is 4.45. The van der Waals surface area contributed by atoms with Gasteiger partial charge < -0.3 is 5.73 Å². The number of hydrogen-bond donors (Lipinski definition) is 1. The fourth-order valence-corrected chi connectivity index (χ4v) is 2.46. The van der Waals surface area contributed by atoms with Gasteiger partial charge in [-0.25, -0.2) is 0 Å². The van der Waals surface area contributed by atoms with Crippen molar-refractivity contribution in [3.05, 3.63) is 70.2 Å². The van der Waals surface area contributed by atoms with E-state index in [9.17, 15) is 0 Å². The molecule has 0 fully saturated rings. The van der Waals surface area contributed by atoms with Crippen LogP contribution in [0, 0.1) is 0 Å². The lowest BCUT2D eigenvalue weighted by Gasteiger charge is -2.22. The molecule has 3 heteroatoms. The lowest BCUT2D eigenvalue weighted by molar-refractivity contribution is 0.829. The normalized spacial score (nSPS) is 18.1. The number of benzene rings is 2. The van der Waals surface area contributed by atoms with Gasteiger partial charge in [0.05, 0.1) is 5.84 Å². The first-order chi connectivity index (χ1) is 8.74. The topological polar surface area (TPSA) is 38.4 Å². The summed E-state index contributed by atoms with van der Waals surface area (Å²) in [6.45, 7) is 0. The number of fused-ring (bicyclic) bond motifs is 1. The highest BCUT2D eigenvalue weighted by Crippen LogP contribution is 2.32. The molecule has 0 bridgehead atoms. The van der Waals surface area contributed by atoms with E-state index in [1.54, 1.807) is 0 Å². The van der Waals surface area contributed by atoms with Crippen molar-refractivity contribution in [3.63, 3.8) is 0 Å². The molecular formula is C15H13ClN2. The molecule has 1 unspecified atom stereocenters. The summed E-state index contributed by atoms with van der Waals surface area (Å²) in [5.74, 6) is 0.689. The first-order valence-electron chi connectivity index (χ1n) is 5.89. The zero-order valence-corrected chi connectivity index (χ0v) is 10.6. The minimum atomic E-state index is -0.00721. The van der Waals surface area contributed by atoms with Crippen LogP contribution in [0.25, 0.3) is 0 Å². The monoisotopic (exact) mass is 256 g/mol. The second kappa shape index (κ2) is 4.46. The van der Waals surface area contributed by atoms with E-state index >= 15 is 0 Å². The summed E-state index contributed by atoms with van der Waals surface area (Å²) >= 11 is 5.92. The van der Waals surface area contributed by atoms with Crippen LogP contribution in [0.2, 0.25) is 5.02 Å². The van der Waals surface area contributed by atoms with Gasteiger partial charge in [-0.3, -0.25) is 4.99 Å². The molecule has 0 saturated heterocycles. The number of nitrogens with zero attached hydrogens (tertiary/aromatic N) is 1. The van der Waals surface area contributed by atoms with Crippen LogP contribution in [0.5, 0.6) is 0 Å². The smallest absolute Gasteiger partial charge is 0.102 e. The van der Waals surface area contributed by atoms with E-state index in [0.29, 0.717) is 5.84 Å². The van der Waals surface area contributed by atoms with Crippen LogP contribution in [0.15, 0.2) is 53.5 Å². The second-order valence-corrected chi connectivity index (χ2v) is 4.89. The third-order valence-corrected chi connectivity index (χ3v) is 3.45. The zero-order chi connectivity index (χ0) is 12.5. The summed E-state index contributed by atoms with van der Waals surface area (Å²) in [5.41, 5.74) is 9.54. The molecule has 0 saturated carbocycles. The van der Waals surface area contributed by atoms with E-state index in [1.165, 1.54) is 11.1 Å². The Bertz CT molecular complexity index is 602. The van der Waals surface area contributed by atoms with Crippen LogP contribution in [0.1, 0.15) is 22.7 Å². The van der Waals surface area contributed by atoms with Gasteiger partial charge in [0.2, 0.25) is 0 Å². The first kappa shape index (κ1) is 11.3. The molecule has 1 atom stereocenters. The van der Waals surface area contributed by atoms with Gasteiger partial charge in [0.1, 0.15) is 6.04 Å². The van der Waals surface area contributed by atoms with E-state index in [1.807, 2.05) is 36.4 Å². The number of hydrogen-bond acceptors (Lipinski definition) is 2. The number of rotatable bonds is 1. The van der Waals surface area contributed by atoms with Crippen LogP contribution in [-0.2, 0) is 6.42 Å². The third-order valence-electron chi connectivity index (χ3n) is 3.20. The van der Waals surface area contributed by atoms with Crippen LogP contribution < -0.4 is 5.73 Å². The van der Waals surface area contributed by atoms with Gasteiger partial charge in [0, 0.05) is 11.4 Å². The van der Waals surface area contributed by atoms with Crippen LogP contribution in [0.3, 0.4) is 0 Å². The Morgan fingerprint density at radius 1 is 1.06 bits per heavy atom. The van der Waals surface area contributed by atoms with Crippen LogP contribution in [-0.4, -0.2) is 5.84 Å². The SMILES string of the molecule is NC1=NC(c2ccc(Cl)cc2)c2ccccc2C1. The predicted molar refractivity (Wildman–Crippen MR) is 75.1 cm³/mol.